The molecular weight excluding hydrogens is 519 g/mol. The van der Waals surface area contributed by atoms with Gasteiger partial charge in [-0.25, -0.2) is 9.88 Å². The van der Waals surface area contributed by atoms with Crippen LogP contribution in [-0.2, 0) is 38.3 Å². The summed E-state index contributed by atoms with van der Waals surface area (Å²) in [6.45, 7) is 10.6. The van der Waals surface area contributed by atoms with Crippen molar-refractivity contribution in [1.29, 1.82) is 0 Å². The van der Waals surface area contributed by atoms with E-state index in [1.165, 1.54) is 0 Å². The van der Waals surface area contributed by atoms with E-state index in [1.54, 1.807) is 38.1 Å². The second-order valence-electron chi connectivity index (χ2n) is 9.55. The third kappa shape index (κ3) is 7.72. The fraction of sp³-hybridized carbons (Fsp3) is 0.448. The van der Waals surface area contributed by atoms with E-state index in [9.17, 15) is 19.3 Å². The Bertz CT molecular complexity index is 1260. The normalized spacial score (nSPS) is 15.3. The predicted octanol–water partition coefficient (Wildman–Crippen LogP) is 4.83. The number of nitrogens with one attached hydrogen (secondary N) is 2. The Hall–Kier alpha value is -3.13. The second kappa shape index (κ2) is 13.8. The first-order chi connectivity index (χ1) is 18.6. The summed E-state index contributed by atoms with van der Waals surface area (Å²) in [6.07, 6.45) is 3.35. The summed E-state index contributed by atoms with van der Waals surface area (Å²) in [5.41, 5.74) is 4.83. The highest BCUT2D eigenvalue weighted by atomic mass is 31.2. The van der Waals surface area contributed by atoms with E-state index in [0.29, 0.717) is 25.3 Å². The van der Waals surface area contributed by atoms with Crippen LogP contribution in [0.4, 0.5) is 0 Å². The lowest BCUT2D eigenvalue weighted by Gasteiger charge is -2.23. The number of phenols is 1. The summed E-state index contributed by atoms with van der Waals surface area (Å²) in [6, 6.07) is 8.03. The number of phenolic OH excluding ortho intramolecular Hbond substituents is 1. The maximum atomic E-state index is 13.7. The molecule has 3 N–H and O–H groups in total. The van der Waals surface area contributed by atoms with Gasteiger partial charge >= 0.3 is 19.5 Å². The monoisotopic (exact) mass is 558 g/mol. The minimum absolute atomic E-state index is 0.00718. The van der Waals surface area contributed by atoms with Crippen LogP contribution in [0, 0.1) is 6.92 Å². The maximum absolute atomic E-state index is 13.7. The van der Waals surface area contributed by atoms with Gasteiger partial charge in [0.2, 0.25) is 0 Å². The van der Waals surface area contributed by atoms with Gasteiger partial charge in [-0.05, 0) is 63.8 Å². The Morgan fingerprint density at radius 2 is 1.95 bits per heavy atom. The Balaban J connectivity index is 1.64. The molecule has 0 radical (unpaired) electrons. The topological polar surface area (TPSA) is 123 Å². The van der Waals surface area contributed by atoms with Gasteiger partial charge in [-0.2, -0.15) is 0 Å². The first-order valence-corrected chi connectivity index (χ1v) is 15.1. The molecule has 1 heterocycles. The van der Waals surface area contributed by atoms with E-state index < -0.39 is 25.5 Å². The molecule has 0 fully saturated rings. The van der Waals surface area contributed by atoms with Gasteiger partial charge in [-0.3, -0.25) is 9.36 Å². The predicted molar refractivity (Wildman–Crippen MR) is 150 cm³/mol. The summed E-state index contributed by atoms with van der Waals surface area (Å²) in [7, 11) is -3.44. The number of cyclic esters (lactones) is 1. The number of aromatic hydroxyl groups is 1. The molecule has 2 aromatic rings. The molecule has 2 atom stereocenters. The van der Waals surface area contributed by atoms with Gasteiger partial charge < -0.3 is 24.4 Å². The molecule has 1 unspecified atom stereocenters. The van der Waals surface area contributed by atoms with E-state index in [1.807, 2.05) is 32.9 Å². The van der Waals surface area contributed by atoms with Crippen molar-refractivity contribution in [2.24, 2.45) is 0 Å². The molecule has 3 rings (SSSR count). The first kappa shape index (κ1) is 30.4. The first-order valence-electron chi connectivity index (χ1n) is 13.3. The lowest BCUT2D eigenvalue weighted by molar-refractivity contribution is -0.144. The third-order valence-electron chi connectivity index (χ3n) is 6.67. The molecule has 212 valence electrons. The SMILES string of the molecule is CCOC(=O)[C@H](C)NP(=O)(CCNCC(C)=CCc1c(O)c2c(c(C)c1CC)COC2=O)Oc1ccccc1. The molecule has 0 saturated heterocycles. The van der Waals surface area contributed by atoms with Crippen molar-refractivity contribution < 1.29 is 33.3 Å². The van der Waals surface area contributed by atoms with Gasteiger partial charge in [-0.1, -0.05) is 36.8 Å². The zero-order valence-electron chi connectivity index (χ0n) is 23.3. The Morgan fingerprint density at radius 3 is 2.62 bits per heavy atom. The molecule has 9 nitrogen and oxygen atoms in total. The van der Waals surface area contributed by atoms with Gasteiger partial charge in [-0.15, -0.1) is 0 Å². The minimum atomic E-state index is -3.44. The van der Waals surface area contributed by atoms with Crippen LogP contribution in [0.3, 0.4) is 0 Å². The number of hydrogen-bond donors (Lipinski definition) is 3. The van der Waals surface area contributed by atoms with Crippen LogP contribution in [-0.4, -0.2) is 48.9 Å². The van der Waals surface area contributed by atoms with E-state index in [-0.39, 0.29) is 30.7 Å². The zero-order chi connectivity index (χ0) is 28.6. The number of carbonyl (C=O) groups excluding carboxylic acids is 2. The highest BCUT2D eigenvalue weighted by Crippen LogP contribution is 2.43. The summed E-state index contributed by atoms with van der Waals surface area (Å²) in [4.78, 5) is 24.3. The molecule has 0 bridgehead atoms. The van der Waals surface area contributed by atoms with E-state index >= 15 is 0 Å². The number of para-hydroxylation sites is 1. The number of fused-ring (bicyclic) bond motifs is 1. The Labute approximate surface area is 230 Å². The molecular formula is C29H39N2O7P. The van der Waals surface area contributed by atoms with Crippen molar-refractivity contribution in [3.05, 3.63) is 69.8 Å². The maximum Gasteiger partial charge on any atom is 0.342 e. The molecule has 1 aliphatic heterocycles. The number of carbonyl (C=O) groups is 2. The molecule has 0 spiro atoms. The Kier molecular flexibility index (Phi) is 10.7. The molecule has 0 aromatic heterocycles. The van der Waals surface area contributed by atoms with Crippen LogP contribution in [0.1, 0.15) is 60.3 Å². The van der Waals surface area contributed by atoms with Crippen molar-refractivity contribution in [2.75, 3.05) is 25.9 Å². The summed E-state index contributed by atoms with van der Waals surface area (Å²) in [5.74, 6) is -0.524. The van der Waals surface area contributed by atoms with Crippen LogP contribution >= 0.6 is 7.52 Å². The quantitative estimate of drug-likeness (QED) is 0.130. The fourth-order valence-corrected chi connectivity index (χ4v) is 6.49. The minimum Gasteiger partial charge on any atom is -0.507 e. The van der Waals surface area contributed by atoms with Gasteiger partial charge in [0.25, 0.3) is 0 Å². The van der Waals surface area contributed by atoms with Gasteiger partial charge in [0.1, 0.15) is 29.7 Å². The summed E-state index contributed by atoms with van der Waals surface area (Å²) in [5, 5.41) is 17.0. The molecule has 0 saturated carbocycles. The van der Waals surface area contributed by atoms with Gasteiger partial charge in [0.05, 0.1) is 12.8 Å². The summed E-state index contributed by atoms with van der Waals surface area (Å²) < 4.78 is 29.7. The second-order valence-corrected chi connectivity index (χ2v) is 11.8. The lowest BCUT2D eigenvalue weighted by Crippen LogP contribution is -2.36. The molecule has 2 aromatic carbocycles. The van der Waals surface area contributed by atoms with Crippen molar-refractivity contribution in [3.8, 4) is 11.5 Å². The van der Waals surface area contributed by atoms with Crippen molar-refractivity contribution in [1.82, 2.24) is 10.4 Å². The Morgan fingerprint density at radius 1 is 1.23 bits per heavy atom. The van der Waals surface area contributed by atoms with Crippen molar-refractivity contribution in [2.45, 2.75) is 60.1 Å². The van der Waals surface area contributed by atoms with Crippen LogP contribution in [0.5, 0.6) is 11.5 Å². The molecule has 39 heavy (non-hydrogen) atoms. The van der Waals surface area contributed by atoms with Gasteiger partial charge in [0.15, 0.2) is 0 Å². The number of hydrogen-bond acceptors (Lipinski definition) is 8. The zero-order valence-corrected chi connectivity index (χ0v) is 24.2. The fourth-order valence-electron chi connectivity index (χ4n) is 4.60. The number of benzene rings is 2. The number of ether oxygens (including phenoxy) is 2. The highest BCUT2D eigenvalue weighted by Gasteiger charge is 2.31. The van der Waals surface area contributed by atoms with E-state index in [2.05, 4.69) is 10.4 Å². The van der Waals surface area contributed by atoms with Crippen LogP contribution in [0.25, 0.3) is 0 Å². The van der Waals surface area contributed by atoms with Crippen molar-refractivity contribution in [3.63, 3.8) is 0 Å². The summed E-state index contributed by atoms with van der Waals surface area (Å²) >= 11 is 0. The van der Waals surface area contributed by atoms with Gasteiger partial charge in [0, 0.05) is 24.2 Å². The largest absolute Gasteiger partial charge is 0.507 e. The number of allylic oxidation sites excluding steroid dienone is 1. The lowest BCUT2D eigenvalue weighted by atomic mass is 9.89. The molecule has 1 aliphatic rings. The van der Waals surface area contributed by atoms with E-state index in [4.69, 9.17) is 14.0 Å². The van der Waals surface area contributed by atoms with Crippen molar-refractivity contribution >= 4 is 19.5 Å². The average molecular weight is 559 g/mol. The van der Waals surface area contributed by atoms with Crippen LogP contribution in [0.2, 0.25) is 0 Å². The average Bonchev–Trinajstić information content (AvgIpc) is 3.30. The van der Waals surface area contributed by atoms with Crippen LogP contribution < -0.4 is 14.9 Å². The molecule has 0 amide bonds. The van der Waals surface area contributed by atoms with E-state index in [0.717, 1.165) is 34.2 Å². The molecule has 0 aliphatic carbocycles. The standard InChI is InChI=1S/C29H39N2O7P/c1-6-23-20(4)25-18-37-29(34)26(25)27(32)24(23)14-13-19(3)17-30-15-16-39(35,31-21(5)28(33)36-7-2)38-22-11-9-8-10-12-22/h8-13,21,30,32H,6-7,14-18H2,1-5H3,(H,31,35)/t21-,39?/m0/s1. The smallest absolute Gasteiger partial charge is 0.342 e. The molecule has 10 heteroatoms. The number of rotatable bonds is 14. The van der Waals surface area contributed by atoms with Crippen LogP contribution in [0.15, 0.2) is 42.0 Å². The highest BCUT2D eigenvalue weighted by molar-refractivity contribution is 7.57. The number of esters is 2. The third-order valence-corrected chi connectivity index (χ3v) is 8.77.